The predicted octanol–water partition coefficient (Wildman–Crippen LogP) is 1.55. The minimum absolute atomic E-state index is 0.139. The molecule has 13 heteroatoms. The van der Waals surface area contributed by atoms with Crippen molar-refractivity contribution in [3.8, 4) is 5.75 Å². The first-order valence-corrected chi connectivity index (χ1v) is 10.9. The second-order valence-electron chi connectivity index (χ2n) is 8.12. The Labute approximate surface area is 197 Å². The molecule has 176 valence electrons. The van der Waals surface area contributed by atoms with Crippen molar-refractivity contribution in [2.75, 3.05) is 25.6 Å². The maximum Gasteiger partial charge on any atom is 0.326 e. The number of hydrogen-bond acceptors (Lipinski definition) is 8. The Bertz CT molecular complexity index is 1020. The topological polar surface area (TPSA) is 145 Å². The van der Waals surface area contributed by atoms with Crippen molar-refractivity contribution in [3.05, 3.63) is 28.3 Å². The normalized spacial score (nSPS) is 29.7. The van der Waals surface area contributed by atoms with E-state index in [0.29, 0.717) is 6.42 Å². The second-order valence-corrected chi connectivity index (χ2v) is 9.12. The van der Waals surface area contributed by atoms with Gasteiger partial charge in [0, 0.05) is 12.1 Å². The number of nitrogens with one attached hydrogen (secondary N) is 1. The van der Waals surface area contributed by atoms with Gasteiger partial charge in [-0.2, -0.15) is 0 Å². The molecule has 11 nitrogen and oxygen atoms in total. The molecule has 2 saturated carbocycles. The van der Waals surface area contributed by atoms with Gasteiger partial charge in [-0.3, -0.25) is 34.2 Å². The summed E-state index contributed by atoms with van der Waals surface area (Å²) in [6.45, 7) is -1.41. The molecule has 33 heavy (non-hydrogen) atoms. The van der Waals surface area contributed by atoms with E-state index in [1.54, 1.807) is 0 Å². The maximum atomic E-state index is 12.8. The minimum atomic E-state index is -0.968. The molecule has 3 amide bonds. The number of anilines is 1. The molecule has 0 spiro atoms. The van der Waals surface area contributed by atoms with Gasteiger partial charge in [-0.1, -0.05) is 0 Å². The average molecular weight is 500 g/mol. The summed E-state index contributed by atoms with van der Waals surface area (Å²) in [5.41, 5.74) is -0.514. The molecule has 6 atom stereocenters. The van der Waals surface area contributed by atoms with Crippen molar-refractivity contribution in [2.24, 2.45) is 23.7 Å². The van der Waals surface area contributed by atoms with Gasteiger partial charge in [0.05, 0.1) is 34.6 Å². The first kappa shape index (κ1) is 23.2. The van der Waals surface area contributed by atoms with E-state index in [4.69, 9.17) is 32.7 Å². The number of hydrogen-bond donors (Lipinski definition) is 1. The number of benzene rings is 1. The molecule has 0 aromatic heterocycles. The van der Waals surface area contributed by atoms with Crippen LogP contribution in [0.15, 0.2) is 18.2 Å². The number of amides is 3. The molecule has 1 heterocycles. The number of ether oxygens (including phenoxy) is 2. The van der Waals surface area contributed by atoms with Crippen LogP contribution in [-0.4, -0.2) is 64.5 Å². The summed E-state index contributed by atoms with van der Waals surface area (Å²) in [7, 11) is 1.36. The van der Waals surface area contributed by atoms with E-state index >= 15 is 0 Å². The van der Waals surface area contributed by atoms with Crippen molar-refractivity contribution in [2.45, 2.75) is 17.2 Å². The lowest BCUT2D eigenvalue weighted by Gasteiger charge is -2.28. The number of rotatable bonds is 7. The number of fused-ring (bicyclic) bond motifs is 5. The lowest BCUT2D eigenvalue weighted by Crippen LogP contribution is -2.38. The van der Waals surface area contributed by atoms with Crippen LogP contribution in [0.5, 0.6) is 5.75 Å². The second kappa shape index (κ2) is 8.79. The van der Waals surface area contributed by atoms with Crippen molar-refractivity contribution in [3.63, 3.8) is 0 Å². The number of alkyl halides is 2. The molecule has 4 rings (SSSR count). The number of likely N-dealkylation sites (tertiary alicyclic amines) is 1. The number of nitro benzene ring substituents is 1. The molecule has 1 aliphatic heterocycles. The van der Waals surface area contributed by atoms with Gasteiger partial charge < -0.3 is 14.8 Å². The van der Waals surface area contributed by atoms with Gasteiger partial charge in [-0.05, 0) is 24.3 Å². The maximum absolute atomic E-state index is 12.8. The highest BCUT2D eigenvalue weighted by atomic mass is 35.5. The molecular formula is C20H19Cl2N3O8. The Morgan fingerprint density at radius 3 is 2.33 bits per heavy atom. The Balaban J connectivity index is 1.34. The summed E-state index contributed by atoms with van der Waals surface area (Å²) in [6.07, 6.45) is 0.601. The lowest BCUT2D eigenvalue weighted by atomic mass is 9.80. The lowest BCUT2D eigenvalue weighted by molar-refractivity contribution is -0.383. The van der Waals surface area contributed by atoms with E-state index in [1.807, 2.05) is 0 Å². The molecule has 1 aromatic rings. The number of imide groups is 1. The van der Waals surface area contributed by atoms with Gasteiger partial charge in [-0.15, -0.1) is 23.2 Å². The quantitative estimate of drug-likeness (QED) is 0.195. The molecule has 0 unspecified atom stereocenters. The molecule has 1 N–H and O–H groups in total. The van der Waals surface area contributed by atoms with Gasteiger partial charge in [0.25, 0.3) is 11.6 Å². The summed E-state index contributed by atoms with van der Waals surface area (Å²) >= 11 is 12.6. The van der Waals surface area contributed by atoms with E-state index in [0.717, 1.165) is 11.0 Å². The van der Waals surface area contributed by atoms with Crippen molar-refractivity contribution < 1.29 is 33.6 Å². The molecule has 3 fully saturated rings. The summed E-state index contributed by atoms with van der Waals surface area (Å²) < 4.78 is 9.86. The third kappa shape index (κ3) is 3.99. The largest absolute Gasteiger partial charge is 0.497 e. The fourth-order valence-electron chi connectivity index (χ4n) is 4.97. The summed E-state index contributed by atoms with van der Waals surface area (Å²) in [5, 5.41) is 12.6. The monoisotopic (exact) mass is 499 g/mol. The van der Waals surface area contributed by atoms with Crippen LogP contribution in [0.3, 0.4) is 0 Å². The van der Waals surface area contributed by atoms with E-state index in [9.17, 15) is 29.3 Å². The average Bonchev–Trinajstić information content (AvgIpc) is 3.38. The van der Waals surface area contributed by atoms with Gasteiger partial charge in [0.1, 0.15) is 18.0 Å². The number of esters is 1. The van der Waals surface area contributed by atoms with Crippen LogP contribution >= 0.6 is 23.2 Å². The van der Waals surface area contributed by atoms with E-state index < -0.39 is 64.4 Å². The first-order valence-electron chi connectivity index (χ1n) is 10.0. The molecule has 2 bridgehead atoms. The van der Waals surface area contributed by atoms with E-state index in [2.05, 4.69) is 5.32 Å². The van der Waals surface area contributed by atoms with Gasteiger partial charge >= 0.3 is 5.97 Å². The Morgan fingerprint density at radius 2 is 1.79 bits per heavy atom. The Hall–Kier alpha value is -2.92. The van der Waals surface area contributed by atoms with Crippen LogP contribution in [0.2, 0.25) is 0 Å². The van der Waals surface area contributed by atoms with Gasteiger partial charge in [0.15, 0.2) is 6.61 Å². The summed E-state index contributed by atoms with van der Waals surface area (Å²) in [6, 6.07) is 3.77. The standard InChI is InChI=1S/C20H19Cl2N3O8/c1-32-8-2-3-12(25(30)31)11(4-8)23-13(26)7-33-14(27)6-24-19(28)15-9-5-10(16(15)20(24)29)18(22)17(9)21/h2-4,9-10,15-18H,5-7H2,1H3,(H,23,26)/t9-,10-,15-,16-,17-,18+/m1/s1. The van der Waals surface area contributed by atoms with Crippen LogP contribution in [0.4, 0.5) is 11.4 Å². The van der Waals surface area contributed by atoms with Gasteiger partial charge in [0.2, 0.25) is 11.8 Å². The molecule has 3 aliphatic rings. The third-order valence-corrected chi connectivity index (χ3v) is 7.72. The van der Waals surface area contributed by atoms with Crippen LogP contribution < -0.4 is 10.1 Å². The smallest absolute Gasteiger partial charge is 0.326 e. The molecule has 2 aliphatic carbocycles. The number of halogens is 2. The summed E-state index contributed by atoms with van der Waals surface area (Å²) in [4.78, 5) is 61.2. The first-order chi connectivity index (χ1) is 15.6. The minimum Gasteiger partial charge on any atom is -0.497 e. The Kier molecular flexibility index (Phi) is 6.19. The highest BCUT2D eigenvalue weighted by molar-refractivity contribution is 6.31. The molecule has 1 aromatic carbocycles. The highest BCUT2D eigenvalue weighted by Gasteiger charge is 2.66. The van der Waals surface area contributed by atoms with Crippen LogP contribution in [0, 0.1) is 33.8 Å². The highest BCUT2D eigenvalue weighted by Crippen LogP contribution is 2.59. The van der Waals surface area contributed by atoms with Crippen molar-refractivity contribution in [1.29, 1.82) is 0 Å². The number of methoxy groups -OCH3 is 1. The van der Waals surface area contributed by atoms with Crippen LogP contribution in [-0.2, 0) is 23.9 Å². The summed E-state index contributed by atoms with van der Waals surface area (Å²) in [5.74, 6) is -4.13. The fourth-order valence-corrected chi connectivity index (χ4v) is 5.87. The van der Waals surface area contributed by atoms with Crippen molar-refractivity contribution >= 4 is 58.3 Å². The van der Waals surface area contributed by atoms with Crippen LogP contribution in [0.25, 0.3) is 0 Å². The zero-order chi connectivity index (χ0) is 24.0. The number of carbonyl (C=O) groups excluding carboxylic acids is 4. The number of nitro groups is 1. The molecule has 1 saturated heterocycles. The van der Waals surface area contributed by atoms with E-state index in [-0.39, 0.29) is 29.0 Å². The predicted molar refractivity (Wildman–Crippen MR) is 114 cm³/mol. The zero-order valence-corrected chi connectivity index (χ0v) is 18.7. The molecule has 0 radical (unpaired) electrons. The third-order valence-electron chi connectivity index (χ3n) is 6.40. The number of nitrogens with zero attached hydrogens (tertiary/aromatic N) is 2. The SMILES string of the molecule is COc1ccc([N+](=O)[O-])c(NC(=O)COC(=O)CN2C(=O)[C@@H]3[C@H]4C[C@@H]([C@@H](Cl)[C@H]4Cl)[C@H]3C2=O)c1. The molecular weight excluding hydrogens is 481 g/mol. The fraction of sp³-hybridized carbons (Fsp3) is 0.500. The van der Waals surface area contributed by atoms with Crippen molar-refractivity contribution in [1.82, 2.24) is 4.90 Å². The Morgan fingerprint density at radius 1 is 1.18 bits per heavy atom. The zero-order valence-electron chi connectivity index (χ0n) is 17.2. The van der Waals surface area contributed by atoms with E-state index in [1.165, 1.54) is 19.2 Å². The number of carbonyl (C=O) groups is 4. The van der Waals surface area contributed by atoms with Gasteiger partial charge in [-0.25, -0.2) is 0 Å². The van der Waals surface area contributed by atoms with Crippen LogP contribution in [0.1, 0.15) is 6.42 Å².